The summed E-state index contributed by atoms with van der Waals surface area (Å²) in [5.41, 5.74) is 2.74. The van der Waals surface area contributed by atoms with E-state index in [1.807, 2.05) is 28.5 Å². The lowest BCUT2D eigenvalue weighted by atomic mass is 9.98. The van der Waals surface area contributed by atoms with Gasteiger partial charge >= 0.3 is 0 Å². The number of amides is 1. The number of aromatic nitrogens is 4. The van der Waals surface area contributed by atoms with Crippen molar-refractivity contribution in [2.45, 2.75) is 32.2 Å². The predicted octanol–water partition coefficient (Wildman–Crippen LogP) is 2.57. The molecule has 3 aromatic heterocycles. The third-order valence-electron chi connectivity index (χ3n) is 4.72. The second kappa shape index (κ2) is 7.11. The van der Waals surface area contributed by atoms with E-state index in [-0.39, 0.29) is 18.6 Å². The van der Waals surface area contributed by atoms with E-state index < -0.39 is 0 Å². The number of fused-ring (bicyclic) bond motifs is 1. The van der Waals surface area contributed by atoms with Gasteiger partial charge in [-0.05, 0) is 44.4 Å². The number of likely N-dealkylation sites (tertiary alicyclic amines) is 1. The summed E-state index contributed by atoms with van der Waals surface area (Å²) in [7, 11) is 0. The fourth-order valence-electron chi connectivity index (χ4n) is 3.46. The van der Waals surface area contributed by atoms with Gasteiger partial charge in [0.2, 0.25) is 0 Å². The first kappa shape index (κ1) is 16.5. The van der Waals surface area contributed by atoms with Gasteiger partial charge in [0.15, 0.2) is 12.3 Å². The Morgan fingerprint density at radius 2 is 2.23 bits per heavy atom. The van der Waals surface area contributed by atoms with Gasteiger partial charge in [0.05, 0.1) is 24.1 Å². The van der Waals surface area contributed by atoms with Crippen LogP contribution in [0.4, 0.5) is 0 Å². The topological polar surface area (TPSA) is 72.6 Å². The standard InChI is InChI=1S/C19H21N5O2/c1-14-11-16(22-18-7-9-21-24(14)18)17-6-2-3-10-23(17)19(25)13-26-15-5-4-8-20-12-15/h4-5,7-9,11-12,17H,2-3,6,10,13H2,1H3/t17-/m0/s1. The van der Waals surface area contributed by atoms with E-state index in [0.717, 1.165) is 42.8 Å². The van der Waals surface area contributed by atoms with Crippen molar-refractivity contribution >= 4 is 11.6 Å². The molecule has 1 aliphatic rings. The Morgan fingerprint density at radius 1 is 1.31 bits per heavy atom. The lowest BCUT2D eigenvalue weighted by Gasteiger charge is -2.35. The summed E-state index contributed by atoms with van der Waals surface area (Å²) >= 11 is 0. The van der Waals surface area contributed by atoms with E-state index in [9.17, 15) is 4.79 Å². The number of carbonyl (C=O) groups excluding carboxylic acids is 1. The second-order valence-corrected chi connectivity index (χ2v) is 6.50. The van der Waals surface area contributed by atoms with Crippen LogP contribution in [0.25, 0.3) is 5.65 Å². The maximum Gasteiger partial charge on any atom is 0.261 e. The Labute approximate surface area is 151 Å². The van der Waals surface area contributed by atoms with Crippen molar-refractivity contribution < 1.29 is 9.53 Å². The van der Waals surface area contributed by atoms with Crippen LogP contribution in [0.3, 0.4) is 0 Å². The van der Waals surface area contributed by atoms with Crippen LogP contribution >= 0.6 is 0 Å². The predicted molar refractivity (Wildman–Crippen MR) is 95.8 cm³/mol. The fourth-order valence-corrected chi connectivity index (χ4v) is 3.46. The molecule has 134 valence electrons. The van der Waals surface area contributed by atoms with E-state index in [1.54, 1.807) is 30.7 Å². The van der Waals surface area contributed by atoms with Gasteiger partial charge in [-0.3, -0.25) is 9.78 Å². The second-order valence-electron chi connectivity index (χ2n) is 6.50. The molecule has 4 heterocycles. The molecule has 7 nitrogen and oxygen atoms in total. The Bertz CT molecular complexity index is 909. The third kappa shape index (κ3) is 3.24. The zero-order valence-electron chi connectivity index (χ0n) is 14.7. The van der Waals surface area contributed by atoms with Crippen molar-refractivity contribution in [2.24, 2.45) is 0 Å². The summed E-state index contributed by atoms with van der Waals surface area (Å²) in [5.74, 6) is 0.579. The highest BCUT2D eigenvalue weighted by molar-refractivity contribution is 5.78. The number of nitrogens with zero attached hydrogens (tertiary/aromatic N) is 5. The molecule has 0 radical (unpaired) electrons. The van der Waals surface area contributed by atoms with Crippen molar-refractivity contribution in [1.29, 1.82) is 0 Å². The molecular weight excluding hydrogens is 330 g/mol. The molecule has 3 aromatic rings. The first-order valence-corrected chi connectivity index (χ1v) is 8.86. The van der Waals surface area contributed by atoms with Crippen molar-refractivity contribution in [2.75, 3.05) is 13.2 Å². The minimum Gasteiger partial charge on any atom is -0.482 e. The molecule has 0 aromatic carbocycles. The molecule has 0 saturated carbocycles. The van der Waals surface area contributed by atoms with Crippen LogP contribution in [-0.2, 0) is 4.79 Å². The smallest absolute Gasteiger partial charge is 0.261 e. The van der Waals surface area contributed by atoms with E-state index in [4.69, 9.17) is 9.72 Å². The molecule has 1 atom stereocenters. The maximum absolute atomic E-state index is 12.8. The van der Waals surface area contributed by atoms with E-state index in [1.165, 1.54) is 0 Å². The average molecular weight is 351 g/mol. The van der Waals surface area contributed by atoms with Crippen molar-refractivity contribution in [3.8, 4) is 5.75 Å². The van der Waals surface area contributed by atoms with Gasteiger partial charge in [0.25, 0.3) is 5.91 Å². The highest BCUT2D eigenvalue weighted by Gasteiger charge is 2.29. The molecule has 1 fully saturated rings. The molecule has 1 aliphatic heterocycles. The van der Waals surface area contributed by atoms with Gasteiger partial charge in [0, 0.05) is 24.5 Å². The van der Waals surface area contributed by atoms with Crippen LogP contribution in [0.15, 0.2) is 42.9 Å². The monoisotopic (exact) mass is 351 g/mol. The molecule has 26 heavy (non-hydrogen) atoms. The molecule has 0 N–H and O–H groups in total. The first-order valence-electron chi connectivity index (χ1n) is 8.86. The molecule has 4 rings (SSSR count). The number of aryl methyl sites for hydroxylation is 1. The Hall–Kier alpha value is -2.96. The van der Waals surface area contributed by atoms with Crippen LogP contribution in [-0.4, -0.2) is 43.5 Å². The van der Waals surface area contributed by atoms with Crippen molar-refractivity contribution in [3.63, 3.8) is 0 Å². The fraction of sp³-hybridized carbons (Fsp3) is 0.368. The average Bonchev–Trinajstić information content (AvgIpc) is 3.16. The Balaban J connectivity index is 1.54. The minimum absolute atomic E-state index is 0.0100. The minimum atomic E-state index is -0.0219. The summed E-state index contributed by atoms with van der Waals surface area (Å²) in [4.78, 5) is 23.4. The molecule has 0 spiro atoms. The summed E-state index contributed by atoms with van der Waals surface area (Å²) in [6, 6.07) is 7.48. The summed E-state index contributed by atoms with van der Waals surface area (Å²) in [6.45, 7) is 2.74. The quantitative estimate of drug-likeness (QED) is 0.722. The number of ether oxygens (including phenoxy) is 1. The van der Waals surface area contributed by atoms with Crippen LogP contribution in [0.5, 0.6) is 5.75 Å². The van der Waals surface area contributed by atoms with Crippen LogP contribution < -0.4 is 4.74 Å². The van der Waals surface area contributed by atoms with Crippen molar-refractivity contribution in [1.82, 2.24) is 24.5 Å². The molecule has 1 saturated heterocycles. The van der Waals surface area contributed by atoms with Crippen molar-refractivity contribution in [3.05, 3.63) is 54.2 Å². The number of piperidine rings is 1. The van der Waals surface area contributed by atoms with E-state index in [0.29, 0.717) is 5.75 Å². The van der Waals surface area contributed by atoms with Crippen LogP contribution in [0, 0.1) is 6.92 Å². The third-order valence-corrected chi connectivity index (χ3v) is 4.72. The lowest BCUT2D eigenvalue weighted by molar-refractivity contribution is -0.137. The summed E-state index contributed by atoms with van der Waals surface area (Å²) in [6.07, 6.45) is 8.03. The molecule has 0 aliphatic carbocycles. The molecule has 1 amide bonds. The van der Waals surface area contributed by atoms with Crippen LogP contribution in [0.1, 0.15) is 36.7 Å². The maximum atomic E-state index is 12.8. The Kier molecular flexibility index (Phi) is 4.51. The molecule has 0 bridgehead atoms. The number of pyridine rings is 1. The summed E-state index contributed by atoms with van der Waals surface area (Å²) in [5, 5.41) is 4.27. The highest BCUT2D eigenvalue weighted by Crippen LogP contribution is 2.30. The zero-order chi connectivity index (χ0) is 17.9. The first-order chi connectivity index (χ1) is 12.7. The molecular formula is C19H21N5O2. The lowest BCUT2D eigenvalue weighted by Crippen LogP contribution is -2.41. The molecule has 0 unspecified atom stereocenters. The van der Waals surface area contributed by atoms with Crippen LogP contribution in [0.2, 0.25) is 0 Å². The highest BCUT2D eigenvalue weighted by atomic mass is 16.5. The van der Waals surface area contributed by atoms with Gasteiger partial charge in [-0.25, -0.2) is 9.50 Å². The van der Waals surface area contributed by atoms with Gasteiger partial charge in [-0.1, -0.05) is 0 Å². The summed E-state index contributed by atoms with van der Waals surface area (Å²) < 4.78 is 7.41. The van der Waals surface area contributed by atoms with Gasteiger partial charge in [-0.15, -0.1) is 0 Å². The van der Waals surface area contributed by atoms with E-state index >= 15 is 0 Å². The number of hydrogen-bond donors (Lipinski definition) is 0. The largest absolute Gasteiger partial charge is 0.482 e. The number of rotatable bonds is 4. The number of hydrogen-bond acceptors (Lipinski definition) is 5. The Morgan fingerprint density at radius 3 is 3.08 bits per heavy atom. The van der Waals surface area contributed by atoms with Gasteiger partial charge in [-0.2, -0.15) is 5.10 Å². The SMILES string of the molecule is Cc1cc([C@@H]2CCCCN2C(=O)COc2cccnc2)nc2ccnn12. The van der Waals surface area contributed by atoms with Gasteiger partial charge < -0.3 is 9.64 Å². The normalized spacial score (nSPS) is 17.4. The zero-order valence-corrected chi connectivity index (χ0v) is 14.7. The number of carbonyl (C=O) groups is 1. The van der Waals surface area contributed by atoms with E-state index in [2.05, 4.69) is 10.1 Å². The van der Waals surface area contributed by atoms with Gasteiger partial charge in [0.1, 0.15) is 5.75 Å². The molecule has 7 heteroatoms.